The van der Waals surface area contributed by atoms with Crippen molar-refractivity contribution in [2.24, 2.45) is 0 Å². The van der Waals surface area contributed by atoms with Crippen LogP contribution in [0.3, 0.4) is 0 Å². The van der Waals surface area contributed by atoms with Gasteiger partial charge < -0.3 is 10.2 Å². The third-order valence-electron chi connectivity index (χ3n) is 3.62. The van der Waals surface area contributed by atoms with E-state index in [1.54, 1.807) is 23.2 Å². The fraction of sp³-hybridized carbons (Fsp3) is 0.571. The number of hydrogen-bond acceptors (Lipinski definition) is 3. The smallest absolute Gasteiger partial charge is 0.246 e. The van der Waals surface area contributed by atoms with Crippen LogP contribution < -0.4 is 5.32 Å². The summed E-state index contributed by atoms with van der Waals surface area (Å²) in [6.45, 7) is 5.80. The maximum absolute atomic E-state index is 12.5. The molecule has 1 aromatic rings. The molecule has 19 heavy (non-hydrogen) atoms. The van der Waals surface area contributed by atoms with Crippen LogP contribution in [-0.2, 0) is 9.59 Å². The van der Waals surface area contributed by atoms with Gasteiger partial charge in [-0.2, -0.15) is 0 Å². The Balaban J connectivity index is 2.24. The Labute approximate surface area is 117 Å². The molecule has 3 atom stereocenters. The Hall–Kier alpha value is -1.36. The Morgan fingerprint density at radius 1 is 1.47 bits per heavy atom. The second-order valence-corrected chi connectivity index (χ2v) is 5.94. The Morgan fingerprint density at radius 3 is 2.79 bits per heavy atom. The summed E-state index contributed by atoms with van der Waals surface area (Å²) in [5, 5.41) is 4.81. The van der Waals surface area contributed by atoms with Crippen molar-refractivity contribution < 1.29 is 9.59 Å². The van der Waals surface area contributed by atoms with Crippen LogP contribution >= 0.6 is 11.3 Å². The largest absolute Gasteiger partial charge is 0.343 e. The molecule has 1 N–H and O–H groups in total. The molecule has 2 rings (SSSR count). The van der Waals surface area contributed by atoms with E-state index in [1.807, 2.05) is 31.4 Å². The van der Waals surface area contributed by atoms with Crippen molar-refractivity contribution in [3.63, 3.8) is 0 Å². The molecular formula is C14H20N2O2S. The van der Waals surface area contributed by atoms with Crippen molar-refractivity contribution in [1.82, 2.24) is 10.2 Å². The van der Waals surface area contributed by atoms with Crippen LogP contribution in [0.25, 0.3) is 0 Å². The van der Waals surface area contributed by atoms with Gasteiger partial charge in [-0.1, -0.05) is 19.4 Å². The van der Waals surface area contributed by atoms with Crippen molar-refractivity contribution in [1.29, 1.82) is 0 Å². The lowest BCUT2D eigenvalue weighted by Crippen LogP contribution is -2.62. The molecule has 104 valence electrons. The summed E-state index contributed by atoms with van der Waals surface area (Å²) in [5.41, 5.74) is 0. The SMILES string of the molecule is CCCC1NC(=O)C(C)N(C(C)c2cccs2)C1=O. The van der Waals surface area contributed by atoms with Crippen molar-refractivity contribution in [2.45, 2.75) is 51.7 Å². The van der Waals surface area contributed by atoms with E-state index in [4.69, 9.17) is 0 Å². The second kappa shape index (κ2) is 5.74. The predicted molar refractivity (Wildman–Crippen MR) is 75.9 cm³/mol. The van der Waals surface area contributed by atoms with E-state index in [-0.39, 0.29) is 23.9 Å². The monoisotopic (exact) mass is 280 g/mol. The van der Waals surface area contributed by atoms with Gasteiger partial charge in [0, 0.05) is 4.88 Å². The second-order valence-electron chi connectivity index (χ2n) is 4.96. The highest BCUT2D eigenvalue weighted by atomic mass is 32.1. The average Bonchev–Trinajstić information content (AvgIpc) is 2.90. The molecule has 0 saturated carbocycles. The van der Waals surface area contributed by atoms with Crippen LogP contribution in [0.5, 0.6) is 0 Å². The van der Waals surface area contributed by atoms with Gasteiger partial charge in [0.25, 0.3) is 0 Å². The molecule has 0 bridgehead atoms. The summed E-state index contributed by atoms with van der Waals surface area (Å²) in [6.07, 6.45) is 1.58. The molecule has 0 spiro atoms. The van der Waals surface area contributed by atoms with Gasteiger partial charge in [-0.15, -0.1) is 11.3 Å². The van der Waals surface area contributed by atoms with E-state index in [0.29, 0.717) is 6.42 Å². The van der Waals surface area contributed by atoms with E-state index in [0.717, 1.165) is 11.3 Å². The third kappa shape index (κ3) is 2.66. The van der Waals surface area contributed by atoms with Gasteiger partial charge in [-0.05, 0) is 31.7 Å². The molecule has 3 unspecified atom stereocenters. The zero-order chi connectivity index (χ0) is 14.0. The van der Waals surface area contributed by atoms with Gasteiger partial charge in [0.2, 0.25) is 11.8 Å². The number of rotatable bonds is 4. The summed E-state index contributed by atoms with van der Waals surface area (Å²) >= 11 is 1.62. The first-order valence-electron chi connectivity index (χ1n) is 6.72. The molecule has 4 nitrogen and oxygen atoms in total. The fourth-order valence-corrected chi connectivity index (χ4v) is 3.31. The normalized spacial score (nSPS) is 25.3. The molecule has 0 aromatic carbocycles. The van der Waals surface area contributed by atoms with Crippen molar-refractivity contribution in [3.05, 3.63) is 22.4 Å². The minimum Gasteiger partial charge on any atom is -0.343 e. The van der Waals surface area contributed by atoms with E-state index >= 15 is 0 Å². The van der Waals surface area contributed by atoms with E-state index < -0.39 is 6.04 Å². The molecule has 1 fully saturated rings. The molecule has 1 aliphatic heterocycles. The van der Waals surface area contributed by atoms with Gasteiger partial charge >= 0.3 is 0 Å². The Morgan fingerprint density at radius 2 is 2.21 bits per heavy atom. The summed E-state index contributed by atoms with van der Waals surface area (Å²) in [5.74, 6) is -0.0173. The summed E-state index contributed by atoms with van der Waals surface area (Å²) < 4.78 is 0. The number of piperazine rings is 1. The first-order chi connectivity index (χ1) is 9.06. The number of nitrogens with one attached hydrogen (secondary N) is 1. The molecule has 0 aliphatic carbocycles. The predicted octanol–water partition coefficient (Wildman–Crippen LogP) is 2.32. The highest BCUT2D eigenvalue weighted by Gasteiger charge is 2.40. The quantitative estimate of drug-likeness (QED) is 0.920. The lowest BCUT2D eigenvalue weighted by Gasteiger charge is -2.40. The van der Waals surface area contributed by atoms with Crippen LogP contribution in [0.4, 0.5) is 0 Å². The number of carbonyl (C=O) groups is 2. The van der Waals surface area contributed by atoms with Crippen LogP contribution in [0.15, 0.2) is 17.5 Å². The molecule has 5 heteroatoms. The Kier molecular flexibility index (Phi) is 4.24. The molecule has 0 radical (unpaired) electrons. The number of amides is 2. The maximum atomic E-state index is 12.5. The zero-order valence-corrected chi connectivity index (χ0v) is 12.4. The molecule has 1 saturated heterocycles. The van der Waals surface area contributed by atoms with Crippen LogP contribution in [-0.4, -0.2) is 28.8 Å². The minimum atomic E-state index is -0.405. The van der Waals surface area contributed by atoms with Gasteiger partial charge in [-0.3, -0.25) is 9.59 Å². The fourth-order valence-electron chi connectivity index (χ4n) is 2.53. The number of thiophene rings is 1. The van der Waals surface area contributed by atoms with Gasteiger partial charge in [0.05, 0.1) is 6.04 Å². The van der Waals surface area contributed by atoms with Crippen molar-refractivity contribution in [3.8, 4) is 0 Å². The molecule has 1 aromatic heterocycles. The van der Waals surface area contributed by atoms with E-state index in [2.05, 4.69) is 5.32 Å². The lowest BCUT2D eigenvalue weighted by atomic mass is 10.0. The van der Waals surface area contributed by atoms with Gasteiger partial charge in [-0.25, -0.2) is 0 Å². The zero-order valence-electron chi connectivity index (χ0n) is 11.6. The van der Waals surface area contributed by atoms with Gasteiger partial charge in [0.15, 0.2) is 0 Å². The highest BCUT2D eigenvalue weighted by Crippen LogP contribution is 2.29. The molecule has 2 amide bonds. The van der Waals surface area contributed by atoms with E-state index in [9.17, 15) is 9.59 Å². The lowest BCUT2D eigenvalue weighted by molar-refractivity contribution is -0.151. The average molecular weight is 280 g/mol. The minimum absolute atomic E-state index is 0.0369. The Bertz CT molecular complexity index is 458. The third-order valence-corrected chi connectivity index (χ3v) is 4.66. The topological polar surface area (TPSA) is 49.4 Å². The van der Waals surface area contributed by atoms with Crippen molar-refractivity contribution >= 4 is 23.2 Å². The standard InChI is InChI=1S/C14H20N2O2S/c1-4-6-11-14(18)16(10(3)13(17)15-11)9(2)12-7-5-8-19-12/h5,7-11H,4,6H2,1-3H3,(H,15,17). The van der Waals surface area contributed by atoms with Crippen molar-refractivity contribution in [2.75, 3.05) is 0 Å². The number of hydrogen-bond donors (Lipinski definition) is 1. The molecule has 1 aliphatic rings. The van der Waals surface area contributed by atoms with Gasteiger partial charge in [0.1, 0.15) is 12.1 Å². The maximum Gasteiger partial charge on any atom is 0.246 e. The number of carbonyl (C=O) groups excluding carboxylic acids is 2. The number of nitrogens with zero attached hydrogens (tertiary/aromatic N) is 1. The summed E-state index contributed by atoms with van der Waals surface area (Å²) in [4.78, 5) is 27.4. The molecular weight excluding hydrogens is 260 g/mol. The van der Waals surface area contributed by atoms with Crippen LogP contribution in [0.1, 0.15) is 44.5 Å². The summed E-state index contributed by atoms with van der Waals surface area (Å²) in [7, 11) is 0. The first-order valence-corrected chi connectivity index (χ1v) is 7.60. The van der Waals surface area contributed by atoms with Crippen LogP contribution in [0.2, 0.25) is 0 Å². The molecule has 2 heterocycles. The van der Waals surface area contributed by atoms with Crippen LogP contribution in [0, 0.1) is 0 Å². The highest BCUT2D eigenvalue weighted by molar-refractivity contribution is 7.10. The first kappa shape index (κ1) is 14.1. The summed E-state index contributed by atoms with van der Waals surface area (Å²) in [6, 6.07) is 3.16. The van der Waals surface area contributed by atoms with E-state index in [1.165, 1.54) is 0 Å².